The van der Waals surface area contributed by atoms with Crippen molar-refractivity contribution in [2.45, 2.75) is 19.3 Å². The lowest BCUT2D eigenvalue weighted by molar-refractivity contribution is 0.0718. The van der Waals surface area contributed by atoms with Crippen LogP contribution in [0.3, 0.4) is 0 Å². The van der Waals surface area contributed by atoms with Crippen LogP contribution in [0.2, 0.25) is 5.15 Å². The van der Waals surface area contributed by atoms with Crippen LogP contribution in [0.25, 0.3) is 10.8 Å². The van der Waals surface area contributed by atoms with Crippen molar-refractivity contribution in [3.63, 3.8) is 0 Å². The van der Waals surface area contributed by atoms with Gasteiger partial charge in [0.2, 0.25) is 0 Å². The van der Waals surface area contributed by atoms with Crippen molar-refractivity contribution >= 4 is 28.3 Å². The summed E-state index contributed by atoms with van der Waals surface area (Å²) in [4.78, 5) is 18.5. The van der Waals surface area contributed by atoms with Crippen molar-refractivity contribution in [1.82, 2.24) is 9.88 Å². The maximum Gasteiger partial charge on any atom is 0.272 e. The quantitative estimate of drug-likeness (QED) is 0.746. The number of amides is 1. The van der Waals surface area contributed by atoms with Gasteiger partial charge in [-0.15, -0.1) is 0 Å². The molecule has 2 heterocycles. The van der Waals surface area contributed by atoms with E-state index >= 15 is 0 Å². The largest absolute Gasteiger partial charge is 0.337 e. The minimum absolute atomic E-state index is 0.00708. The molecule has 0 aliphatic carbocycles. The Bertz CT molecular complexity index is 621. The molecule has 1 aliphatic heterocycles. The third-order valence-corrected chi connectivity index (χ3v) is 3.84. The number of likely N-dealkylation sites (tertiary alicyclic amines) is 1. The summed E-state index contributed by atoms with van der Waals surface area (Å²) in [6.45, 7) is 1.65. The molecule has 4 heteroatoms. The summed E-state index contributed by atoms with van der Waals surface area (Å²) in [6, 6.07) is 9.56. The Kier molecular flexibility index (Phi) is 3.38. The molecule has 0 radical (unpaired) electrons. The van der Waals surface area contributed by atoms with Crippen molar-refractivity contribution in [3.05, 3.63) is 41.2 Å². The van der Waals surface area contributed by atoms with Gasteiger partial charge in [-0.25, -0.2) is 4.98 Å². The second-order valence-corrected chi connectivity index (χ2v) is 5.23. The third-order valence-electron chi connectivity index (χ3n) is 3.56. The van der Waals surface area contributed by atoms with Crippen LogP contribution >= 0.6 is 11.6 Å². The molecule has 0 unspecified atom stereocenters. The molecule has 19 heavy (non-hydrogen) atoms. The predicted octanol–water partition coefficient (Wildman–Crippen LogP) is 3.51. The van der Waals surface area contributed by atoms with Gasteiger partial charge in [0.1, 0.15) is 10.8 Å². The number of piperidine rings is 1. The molecule has 3 nitrogen and oxygen atoms in total. The second kappa shape index (κ2) is 5.17. The van der Waals surface area contributed by atoms with Crippen molar-refractivity contribution in [2.24, 2.45) is 0 Å². The zero-order chi connectivity index (χ0) is 13.2. The van der Waals surface area contributed by atoms with Gasteiger partial charge in [-0.1, -0.05) is 35.9 Å². The first-order chi connectivity index (χ1) is 9.25. The lowest BCUT2D eigenvalue weighted by atomic mass is 10.1. The highest BCUT2D eigenvalue weighted by atomic mass is 35.5. The number of rotatable bonds is 1. The fourth-order valence-corrected chi connectivity index (χ4v) is 2.79. The van der Waals surface area contributed by atoms with E-state index in [1.54, 1.807) is 0 Å². The summed E-state index contributed by atoms with van der Waals surface area (Å²) in [5.41, 5.74) is 0.450. The highest BCUT2D eigenvalue weighted by Crippen LogP contribution is 2.23. The van der Waals surface area contributed by atoms with Gasteiger partial charge >= 0.3 is 0 Å². The number of aromatic nitrogens is 1. The molecular formula is C15H15ClN2O. The molecule has 1 aromatic carbocycles. The highest BCUT2D eigenvalue weighted by molar-refractivity contribution is 6.34. The normalized spacial score (nSPS) is 15.7. The molecular weight excluding hydrogens is 260 g/mol. The molecule has 0 spiro atoms. The fourth-order valence-electron chi connectivity index (χ4n) is 2.52. The van der Waals surface area contributed by atoms with Crippen molar-refractivity contribution in [2.75, 3.05) is 13.1 Å². The van der Waals surface area contributed by atoms with Crippen molar-refractivity contribution in [3.8, 4) is 0 Å². The van der Waals surface area contributed by atoms with Crippen LogP contribution < -0.4 is 0 Å². The van der Waals surface area contributed by atoms with Gasteiger partial charge in [-0.05, 0) is 30.7 Å². The van der Waals surface area contributed by atoms with Gasteiger partial charge in [-0.2, -0.15) is 0 Å². The number of pyridine rings is 1. The molecule has 3 rings (SSSR count). The van der Waals surface area contributed by atoms with Crippen molar-refractivity contribution < 1.29 is 4.79 Å². The number of nitrogens with zero attached hydrogens (tertiary/aromatic N) is 2. The molecule has 0 saturated carbocycles. The van der Waals surface area contributed by atoms with Gasteiger partial charge < -0.3 is 4.90 Å². The molecule has 0 bridgehead atoms. The molecule has 1 fully saturated rings. The lowest BCUT2D eigenvalue weighted by Crippen LogP contribution is -2.36. The summed E-state index contributed by atoms with van der Waals surface area (Å²) in [5, 5.41) is 2.25. The molecule has 2 aromatic rings. The number of fused-ring (bicyclic) bond motifs is 1. The van der Waals surface area contributed by atoms with E-state index in [0.717, 1.165) is 36.7 Å². The average Bonchev–Trinajstić information content (AvgIpc) is 2.47. The first-order valence-electron chi connectivity index (χ1n) is 6.60. The van der Waals surface area contributed by atoms with E-state index in [1.165, 1.54) is 6.42 Å². The topological polar surface area (TPSA) is 33.2 Å². The zero-order valence-corrected chi connectivity index (χ0v) is 11.4. The van der Waals surface area contributed by atoms with E-state index < -0.39 is 0 Å². The standard InChI is InChI=1S/C15H15ClN2O/c16-14-12-7-3-2-6-11(12)10-13(17-14)15(19)18-8-4-1-5-9-18/h2-3,6-7,10H,1,4-5,8-9H2. The Morgan fingerprint density at radius 1 is 1.16 bits per heavy atom. The van der Waals surface area contributed by atoms with E-state index in [0.29, 0.717) is 10.8 Å². The van der Waals surface area contributed by atoms with Gasteiger partial charge in [0.25, 0.3) is 5.91 Å². The zero-order valence-electron chi connectivity index (χ0n) is 10.6. The average molecular weight is 275 g/mol. The van der Waals surface area contributed by atoms with E-state index in [1.807, 2.05) is 35.2 Å². The van der Waals surface area contributed by atoms with Gasteiger partial charge in [-0.3, -0.25) is 4.79 Å². The number of halogens is 1. The Morgan fingerprint density at radius 2 is 1.89 bits per heavy atom. The minimum Gasteiger partial charge on any atom is -0.337 e. The third kappa shape index (κ3) is 2.43. The Morgan fingerprint density at radius 3 is 2.68 bits per heavy atom. The first-order valence-corrected chi connectivity index (χ1v) is 6.98. The predicted molar refractivity (Wildman–Crippen MR) is 76.5 cm³/mol. The molecule has 98 valence electrons. The SMILES string of the molecule is O=C(c1cc2ccccc2c(Cl)n1)N1CCCCC1. The lowest BCUT2D eigenvalue weighted by Gasteiger charge is -2.26. The monoisotopic (exact) mass is 274 g/mol. The van der Waals surface area contributed by atoms with Gasteiger partial charge in [0, 0.05) is 18.5 Å². The van der Waals surface area contributed by atoms with Crippen molar-refractivity contribution in [1.29, 1.82) is 0 Å². The fraction of sp³-hybridized carbons (Fsp3) is 0.333. The van der Waals surface area contributed by atoms with E-state index in [2.05, 4.69) is 4.98 Å². The summed E-state index contributed by atoms with van der Waals surface area (Å²) in [6.07, 6.45) is 3.36. The second-order valence-electron chi connectivity index (χ2n) is 4.87. The maximum atomic E-state index is 12.4. The molecule has 0 N–H and O–H groups in total. The Balaban J connectivity index is 1.98. The smallest absolute Gasteiger partial charge is 0.272 e. The molecule has 1 aliphatic rings. The van der Waals surface area contributed by atoms with E-state index in [-0.39, 0.29) is 5.91 Å². The summed E-state index contributed by atoms with van der Waals surface area (Å²) in [7, 11) is 0. The van der Waals surface area contributed by atoms with Crippen LogP contribution in [0, 0.1) is 0 Å². The molecule has 0 atom stereocenters. The number of carbonyl (C=O) groups is 1. The van der Waals surface area contributed by atoms with Crippen LogP contribution in [-0.4, -0.2) is 28.9 Å². The van der Waals surface area contributed by atoms with Crippen LogP contribution in [0.1, 0.15) is 29.8 Å². The summed E-state index contributed by atoms with van der Waals surface area (Å²) in [5.74, 6) is -0.00708. The number of hydrogen-bond donors (Lipinski definition) is 0. The Labute approximate surface area is 117 Å². The molecule has 1 aromatic heterocycles. The number of hydrogen-bond acceptors (Lipinski definition) is 2. The molecule has 1 amide bonds. The van der Waals surface area contributed by atoms with E-state index in [9.17, 15) is 4.79 Å². The minimum atomic E-state index is -0.00708. The van der Waals surface area contributed by atoms with Crippen LogP contribution in [0.15, 0.2) is 30.3 Å². The summed E-state index contributed by atoms with van der Waals surface area (Å²) < 4.78 is 0. The Hall–Kier alpha value is -1.61. The summed E-state index contributed by atoms with van der Waals surface area (Å²) >= 11 is 6.16. The van der Waals surface area contributed by atoms with Gasteiger partial charge in [0.15, 0.2) is 0 Å². The van der Waals surface area contributed by atoms with Gasteiger partial charge in [0.05, 0.1) is 0 Å². The maximum absolute atomic E-state index is 12.4. The van der Waals surface area contributed by atoms with Crippen LogP contribution in [0.4, 0.5) is 0 Å². The van der Waals surface area contributed by atoms with E-state index in [4.69, 9.17) is 11.6 Å². The molecule has 1 saturated heterocycles. The number of benzene rings is 1. The van der Waals surface area contributed by atoms with Crippen LogP contribution in [0.5, 0.6) is 0 Å². The highest BCUT2D eigenvalue weighted by Gasteiger charge is 2.20. The van der Waals surface area contributed by atoms with Crippen LogP contribution in [-0.2, 0) is 0 Å². The first kappa shape index (κ1) is 12.4. The number of carbonyl (C=O) groups excluding carboxylic acids is 1.